The molecule has 0 radical (unpaired) electrons. The predicted molar refractivity (Wildman–Crippen MR) is 193 cm³/mol. The van der Waals surface area contributed by atoms with Crippen molar-refractivity contribution in [3.63, 3.8) is 0 Å². The lowest BCUT2D eigenvalue weighted by Crippen LogP contribution is -2.55. The molecular formula is C44H44Cl2O. The number of rotatable bonds is 2. The summed E-state index contributed by atoms with van der Waals surface area (Å²) in [4.78, 5) is 0. The molecule has 0 atom stereocenters. The van der Waals surface area contributed by atoms with Gasteiger partial charge in [0.05, 0.1) is 5.60 Å². The summed E-state index contributed by atoms with van der Waals surface area (Å²) in [6, 6.07) is 32.3. The third-order valence-corrected chi connectivity index (χ3v) is 14.9. The average Bonchev–Trinajstić information content (AvgIpc) is 3.36. The monoisotopic (exact) mass is 658 g/mol. The van der Waals surface area contributed by atoms with Crippen molar-refractivity contribution in [1.82, 2.24) is 0 Å². The summed E-state index contributed by atoms with van der Waals surface area (Å²) in [5.41, 5.74) is 9.10. The highest BCUT2D eigenvalue weighted by Crippen LogP contribution is 2.69. The van der Waals surface area contributed by atoms with Crippen molar-refractivity contribution in [2.75, 3.05) is 0 Å². The van der Waals surface area contributed by atoms with Crippen LogP contribution in [0.3, 0.4) is 0 Å². The molecule has 240 valence electrons. The molecule has 4 aromatic carbocycles. The molecule has 3 heteroatoms. The van der Waals surface area contributed by atoms with Gasteiger partial charge in [0.15, 0.2) is 0 Å². The molecule has 0 aliphatic heterocycles. The van der Waals surface area contributed by atoms with E-state index in [4.69, 9.17) is 23.2 Å². The van der Waals surface area contributed by atoms with E-state index in [9.17, 15) is 5.11 Å². The van der Waals surface area contributed by atoms with Gasteiger partial charge in [-0.25, -0.2) is 0 Å². The average molecular weight is 660 g/mol. The fourth-order valence-corrected chi connectivity index (χ4v) is 13.6. The van der Waals surface area contributed by atoms with Crippen molar-refractivity contribution in [2.45, 2.75) is 75.2 Å². The quantitative estimate of drug-likeness (QED) is 0.227. The molecule has 8 fully saturated rings. The highest BCUT2D eigenvalue weighted by Gasteiger charge is 2.61. The molecule has 9 aliphatic rings. The number of halogens is 2. The number of hydrogen-bond donors (Lipinski definition) is 1. The minimum atomic E-state index is -0.660. The molecule has 4 aromatic rings. The van der Waals surface area contributed by atoms with Crippen molar-refractivity contribution in [3.05, 3.63) is 118 Å². The fourth-order valence-electron chi connectivity index (χ4n) is 13.2. The van der Waals surface area contributed by atoms with Crippen LogP contribution >= 0.6 is 23.2 Å². The Labute approximate surface area is 289 Å². The normalized spacial score (nSPS) is 37.9. The largest absolute Gasteiger partial charge is 0.385 e. The van der Waals surface area contributed by atoms with Crippen molar-refractivity contribution in [2.24, 2.45) is 47.3 Å². The minimum Gasteiger partial charge on any atom is -0.385 e. The van der Waals surface area contributed by atoms with Gasteiger partial charge in [0.2, 0.25) is 0 Å². The van der Waals surface area contributed by atoms with Crippen LogP contribution in [0.1, 0.15) is 80.9 Å². The Hall–Kier alpha value is -2.58. The number of benzene rings is 4. The number of fused-ring (bicyclic) bond motifs is 3. The number of hydrogen-bond acceptors (Lipinski definition) is 1. The molecule has 0 saturated heterocycles. The van der Waals surface area contributed by atoms with Crippen LogP contribution < -0.4 is 0 Å². The number of aliphatic hydroxyl groups is 1. The van der Waals surface area contributed by atoms with E-state index in [2.05, 4.69) is 72.8 Å². The second-order valence-electron chi connectivity index (χ2n) is 16.6. The van der Waals surface area contributed by atoms with E-state index in [0.29, 0.717) is 17.3 Å². The maximum absolute atomic E-state index is 11.9. The van der Waals surface area contributed by atoms with Crippen LogP contribution in [0.4, 0.5) is 0 Å². The van der Waals surface area contributed by atoms with E-state index in [1.54, 1.807) is 11.1 Å². The second kappa shape index (κ2) is 10.7. The molecule has 0 amide bonds. The van der Waals surface area contributed by atoms with E-state index < -0.39 is 5.60 Å². The van der Waals surface area contributed by atoms with Gasteiger partial charge in [-0.05, 0) is 175 Å². The third kappa shape index (κ3) is 4.25. The fraction of sp³-hybridized carbons (Fsp3) is 0.455. The molecular weight excluding hydrogens is 615 g/mol. The lowest BCUT2D eigenvalue weighted by Gasteiger charge is -2.61. The molecule has 1 nitrogen and oxygen atoms in total. The first-order valence-corrected chi connectivity index (χ1v) is 19.1. The first-order valence-electron chi connectivity index (χ1n) is 18.4. The highest BCUT2D eigenvalue weighted by molar-refractivity contribution is 6.31. The second-order valence-corrected chi connectivity index (χ2v) is 17.5. The maximum Gasteiger partial charge on any atom is 0.0958 e. The molecule has 1 spiro atoms. The SMILES string of the molecule is Clc1ccc2c(c1)-c1ccccc1C21C2CC3CC(C2)CC1C3.OC1(c2ccccc2-c2cccc(Cl)c2)C2CC3CC(C2)CC1C3. The molecule has 0 heterocycles. The molecule has 47 heavy (non-hydrogen) atoms. The summed E-state index contributed by atoms with van der Waals surface area (Å²) in [5.74, 6) is 6.27. The zero-order valence-corrected chi connectivity index (χ0v) is 28.6. The van der Waals surface area contributed by atoms with Crippen molar-refractivity contribution in [1.29, 1.82) is 0 Å². The lowest BCUT2D eigenvalue weighted by molar-refractivity contribution is -0.179. The van der Waals surface area contributed by atoms with E-state index in [1.807, 2.05) is 18.2 Å². The lowest BCUT2D eigenvalue weighted by atomic mass is 9.43. The Kier molecular flexibility index (Phi) is 6.69. The van der Waals surface area contributed by atoms with Crippen LogP contribution in [0.5, 0.6) is 0 Å². The third-order valence-electron chi connectivity index (χ3n) is 14.4. The van der Waals surface area contributed by atoms with E-state index in [-0.39, 0.29) is 0 Å². The van der Waals surface area contributed by atoms with Gasteiger partial charge in [-0.3, -0.25) is 0 Å². The zero-order chi connectivity index (χ0) is 31.5. The smallest absolute Gasteiger partial charge is 0.0958 e. The standard InChI is InChI=1S/C22H23ClO.C22H21Cl/c23-19-5-3-4-16(13-19)20-6-1-2-7-21(20)22(24)17-9-14-8-15(11-17)12-18(22)10-14;23-17-5-6-21-19(12-17)18-3-1-2-4-20(18)22(21)15-8-13-7-14(10-15)11-16(22)9-13/h1-7,13-15,17-18,24H,8-12H2;1-6,12-16H,7-11H2. The first kappa shape index (κ1) is 29.3. The van der Waals surface area contributed by atoms with Gasteiger partial charge in [-0.15, -0.1) is 0 Å². The van der Waals surface area contributed by atoms with Gasteiger partial charge < -0.3 is 5.11 Å². The van der Waals surface area contributed by atoms with Gasteiger partial charge in [0.1, 0.15) is 0 Å². The van der Waals surface area contributed by atoms with Crippen molar-refractivity contribution in [3.8, 4) is 22.3 Å². The maximum atomic E-state index is 11.9. The van der Waals surface area contributed by atoms with Crippen molar-refractivity contribution < 1.29 is 5.11 Å². The first-order chi connectivity index (χ1) is 22.9. The molecule has 9 aliphatic carbocycles. The minimum absolute atomic E-state index is 0.296. The van der Waals surface area contributed by atoms with Gasteiger partial charge in [0.25, 0.3) is 0 Å². The van der Waals surface area contributed by atoms with E-state index >= 15 is 0 Å². The van der Waals surface area contributed by atoms with Crippen LogP contribution in [0.15, 0.2) is 91.0 Å². The summed E-state index contributed by atoms with van der Waals surface area (Å²) in [6.07, 6.45) is 13.5. The summed E-state index contributed by atoms with van der Waals surface area (Å²) in [7, 11) is 0. The molecule has 1 N–H and O–H groups in total. The Morgan fingerprint density at radius 3 is 1.57 bits per heavy atom. The van der Waals surface area contributed by atoms with E-state index in [1.165, 1.54) is 75.3 Å². The van der Waals surface area contributed by atoms with Gasteiger partial charge in [-0.2, -0.15) is 0 Å². The summed E-state index contributed by atoms with van der Waals surface area (Å²) < 4.78 is 0. The van der Waals surface area contributed by atoms with Gasteiger partial charge in [-0.1, -0.05) is 89.9 Å². The summed E-state index contributed by atoms with van der Waals surface area (Å²) in [6.45, 7) is 0. The Morgan fingerprint density at radius 1 is 0.447 bits per heavy atom. The highest BCUT2D eigenvalue weighted by atomic mass is 35.5. The van der Waals surface area contributed by atoms with Gasteiger partial charge >= 0.3 is 0 Å². The molecule has 0 unspecified atom stereocenters. The summed E-state index contributed by atoms with van der Waals surface area (Å²) in [5, 5.41) is 13.6. The topological polar surface area (TPSA) is 20.2 Å². The van der Waals surface area contributed by atoms with Crippen LogP contribution in [-0.2, 0) is 11.0 Å². The van der Waals surface area contributed by atoms with E-state index in [0.717, 1.165) is 62.2 Å². The van der Waals surface area contributed by atoms with Crippen LogP contribution in [-0.4, -0.2) is 5.11 Å². The Bertz CT molecular complexity index is 1820. The zero-order valence-electron chi connectivity index (χ0n) is 27.1. The van der Waals surface area contributed by atoms with Gasteiger partial charge in [0, 0.05) is 15.5 Å². The Balaban J connectivity index is 0.000000121. The molecule has 13 rings (SSSR count). The Morgan fingerprint density at radius 2 is 0.957 bits per heavy atom. The predicted octanol–water partition coefficient (Wildman–Crippen LogP) is 11.7. The van der Waals surface area contributed by atoms with Crippen molar-refractivity contribution >= 4 is 23.2 Å². The van der Waals surface area contributed by atoms with Crippen LogP contribution in [0, 0.1) is 47.3 Å². The van der Waals surface area contributed by atoms with Crippen LogP contribution in [0.25, 0.3) is 22.3 Å². The molecule has 8 bridgehead atoms. The molecule has 0 aromatic heterocycles. The van der Waals surface area contributed by atoms with Crippen LogP contribution in [0.2, 0.25) is 10.0 Å². The summed E-state index contributed by atoms with van der Waals surface area (Å²) >= 11 is 12.6. The molecule has 8 saturated carbocycles.